The van der Waals surface area contributed by atoms with E-state index < -0.39 is 0 Å². The number of hydrogen-bond donors (Lipinski definition) is 0. The Bertz CT molecular complexity index is 262. The van der Waals surface area contributed by atoms with Gasteiger partial charge in [-0.2, -0.15) is 0 Å². The zero-order valence-electron chi connectivity index (χ0n) is 7.54. The zero-order chi connectivity index (χ0) is 9.10. The lowest BCUT2D eigenvalue weighted by Crippen LogP contribution is -2.20. The lowest BCUT2D eigenvalue weighted by molar-refractivity contribution is 0.403. The molecule has 0 saturated carbocycles. The van der Waals surface area contributed by atoms with Crippen molar-refractivity contribution in [3.05, 3.63) is 34.9 Å². The third-order valence-corrected chi connectivity index (χ3v) is 2.74. The van der Waals surface area contributed by atoms with Crippen molar-refractivity contribution < 1.29 is 0 Å². The van der Waals surface area contributed by atoms with Gasteiger partial charge in [0.25, 0.3) is 0 Å². The summed E-state index contributed by atoms with van der Waals surface area (Å²) in [5, 5.41) is 5.39. The minimum absolute atomic E-state index is 0.422. The molecule has 1 aliphatic heterocycles. The van der Waals surface area contributed by atoms with Gasteiger partial charge in [0.1, 0.15) is 0 Å². The van der Waals surface area contributed by atoms with Gasteiger partial charge in [0.2, 0.25) is 0 Å². The van der Waals surface area contributed by atoms with Gasteiger partial charge in [-0.25, -0.2) is 5.32 Å². The molecule has 1 radical (unpaired) electrons. The molecule has 0 aliphatic carbocycles. The summed E-state index contributed by atoms with van der Waals surface area (Å²) in [6.07, 6.45) is 3.75. The Balaban J connectivity index is 2.10. The van der Waals surface area contributed by atoms with E-state index in [0.29, 0.717) is 6.04 Å². The smallest absolute Gasteiger partial charge is 0.0495 e. The van der Waals surface area contributed by atoms with Gasteiger partial charge in [-0.05, 0) is 30.5 Å². The van der Waals surface area contributed by atoms with Gasteiger partial charge < -0.3 is 0 Å². The molecule has 2 rings (SSSR count). The van der Waals surface area contributed by atoms with Crippen LogP contribution in [0.25, 0.3) is 0 Å². The van der Waals surface area contributed by atoms with E-state index in [1.54, 1.807) is 0 Å². The summed E-state index contributed by atoms with van der Waals surface area (Å²) in [7, 11) is 0. The van der Waals surface area contributed by atoms with Crippen LogP contribution in [0, 0.1) is 0 Å². The lowest BCUT2D eigenvalue weighted by Gasteiger charge is -2.21. The molecule has 1 nitrogen and oxygen atoms in total. The van der Waals surface area contributed by atoms with Crippen LogP contribution in [0.15, 0.2) is 24.3 Å². The topological polar surface area (TPSA) is 14.1 Å². The van der Waals surface area contributed by atoms with E-state index in [9.17, 15) is 0 Å². The number of piperidine rings is 1. The monoisotopic (exact) mass is 194 g/mol. The van der Waals surface area contributed by atoms with Crippen molar-refractivity contribution in [1.82, 2.24) is 5.32 Å². The average molecular weight is 195 g/mol. The Morgan fingerprint density at radius 2 is 1.92 bits per heavy atom. The van der Waals surface area contributed by atoms with Crippen LogP contribution in [0.2, 0.25) is 5.02 Å². The van der Waals surface area contributed by atoms with Crippen molar-refractivity contribution in [3.8, 4) is 0 Å². The Morgan fingerprint density at radius 3 is 2.54 bits per heavy atom. The van der Waals surface area contributed by atoms with Crippen LogP contribution in [0.5, 0.6) is 0 Å². The van der Waals surface area contributed by atoms with Crippen LogP contribution in [-0.4, -0.2) is 6.54 Å². The molecular weight excluding hydrogens is 182 g/mol. The Hall–Kier alpha value is -0.530. The van der Waals surface area contributed by atoms with E-state index in [0.717, 1.165) is 11.6 Å². The lowest BCUT2D eigenvalue weighted by atomic mass is 9.98. The SMILES string of the molecule is Clc1ccc(C2CCCC[N]2)cc1. The van der Waals surface area contributed by atoms with Gasteiger partial charge in [-0.15, -0.1) is 0 Å². The summed E-state index contributed by atoms with van der Waals surface area (Å²) in [4.78, 5) is 0. The summed E-state index contributed by atoms with van der Waals surface area (Å²) in [6, 6.07) is 8.48. The average Bonchev–Trinajstić information content (AvgIpc) is 2.20. The van der Waals surface area contributed by atoms with Crippen molar-refractivity contribution in [1.29, 1.82) is 0 Å². The maximum atomic E-state index is 5.82. The summed E-state index contributed by atoms with van der Waals surface area (Å²) in [5.74, 6) is 0. The van der Waals surface area contributed by atoms with E-state index in [-0.39, 0.29) is 0 Å². The van der Waals surface area contributed by atoms with E-state index in [1.807, 2.05) is 12.1 Å². The third kappa shape index (κ3) is 2.23. The van der Waals surface area contributed by atoms with Crippen LogP contribution in [0.1, 0.15) is 30.9 Å². The summed E-state index contributed by atoms with van der Waals surface area (Å²) < 4.78 is 0. The molecule has 1 aromatic rings. The molecule has 0 amide bonds. The van der Waals surface area contributed by atoms with E-state index >= 15 is 0 Å². The normalized spacial score (nSPS) is 23.0. The van der Waals surface area contributed by atoms with E-state index in [4.69, 9.17) is 11.6 Å². The van der Waals surface area contributed by atoms with Gasteiger partial charge in [-0.3, -0.25) is 0 Å². The number of hydrogen-bond acceptors (Lipinski definition) is 0. The minimum atomic E-state index is 0.422. The van der Waals surface area contributed by atoms with Gasteiger partial charge in [0, 0.05) is 17.6 Å². The zero-order valence-corrected chi connectivity index (χ0v) is 8.30. The van der Waals surface area contributed by atoms with E-state index in [2.05, 4.69) is 17.4 Å². The number of benzene rings is 1. The molecule has 1 saturated heterocycles. The number of rotatable bonds is 1. The second kappa shape index (κ2) is 4.12. The molecule has 0 spiro atoms. The largest absolute Gasteiger partial charge is 0.234 e. The molecule has 1 aromatic carbocycles. The first-order valence-electron chi connectivity index (χ1n) is 4.78. The molecule has 1 fully saturated rings. The summed E-state index contributed by atoms with van der Waals surface area (Å²) >= 11 is 5.82. The van der Waals surface area contributed by atoms with E-state index in [1.165, 1.54) is 24.8 Å². The molecule has 0 aromatic heterocycles. The number of nitrogens with zero attached hydrogens (tertiary/aromatic N) is 1. The van der Waals surface area contributed by atoms with Crippen molar-refractivity contribution in [2.75, 3.05) is 6.54 Å². The molecule has 13 heavy (non-hydrogen) atoms. The van der Waals surface area contributed by atoms with Crippen molar-refractivity contribution in [2.24, 2.45) is 0 Å². The molecule has 69 valence electrons. The first kappa shape index (κ1) is 9.04. The maximum Gasteiger partial charge on any atom is 0.0495 e. The van der Waals surface area contributed by atoms with Crippen molar-refractivity contribution in [3.63, 3.8) is 0 Å². The third-order valence-electron chi connectivity index (χ3n) is 2.49. The fourth-order valence-corrected chi connectivity index (χ4v) is 1.87. The molecule has 0 N–H and O–H groups in total. The van der Waals surface area contributed by atoms with Gasteiger partial charge in [0.05, 0.1) is 0 Å². The Morgan fingerprint density at radius 1 is 1.15 bits per heavy atom. The maximum absolute atomic E-state index is 5.82. The second-order valence-corrected chi connectivity index (χ2v) is 3.91. The molecule has 0 bridgehead atoms. The number of halogens is 1. The minimum Gasteiger partial charge on any atom is -0.234 e. The fourth-order valence-electron chi connectivity index (χ4n) is 1.74. The van der Waals surface area contributed by atoms with Crippen LogP contribution in [-0.2, 0) is 0 Å². The molecule has 1 atom stereocenters. The van der Waals surface area contributed by atoms with Gasteiger partial charge >= 0.3 is 0 Å². The molecule has 1 unspecified atom stereocenters. The van der Waals surface area contributed by atoms with Gasteiger partial charge in [0.15, 0.2) is 0 Å². The fraction of sp³-hybridized carbons (Fsp3) is 0.455. The highest BCUT2D eigenvalue weighted by Gasteiger charge is 2.15. The first-order chi connectivity index (χ1) is 6.36. The van der Waals surface area contributed by atoms with Crippen molar-refractivity contribution >= 4 is 11.6 Å². The summed E-state index contributed by atoms with van der Waals surface area (Å²) in [6.45, 7) is 1.02. The van der Waals surface area contributed by atoms with Crippen LogP contribution < -0.4 is 5.32 Å². The predicted octanol–water partition coefficient (Wildman–Crippen LogP) is 3.17. The summed E-state index contributed by atoms with van der Waals surface area (Å²) in [5.41, 5.74) is 1.31. The molecular formula is C11H13ClN. The van der Waals surface area contributed by atoms with Crippen LogP contribution in [0.4, 0.5) is 0 Å². The molecule has 2 heteroatoms. The highest BCUT2D eigenvalue weighted by Crippen LogP contribution is 2.25. The first-order valence-corrected chi connectivity index (χ1v) is 5.16. The van der Waals surface area contributed by atoms with Crippen LogP contribution in [0.3, 0.4) is 0 Å². The second-order valence-electron chi connectivity index (χ2n) is 3.47. The molecule has 1 heterocycles. The van der Waals surface area contributed by atoms with Crippen molar-refractivity contribution in [2.45, 2.75) is 25.3 Å². The quantitative estimate of drug-likeness (QED) is 0.652. The Kier molecular flexibility index (Phi) is 2.87. The standard InChI is InChI=1S/C11H13ClN/c12-10-6-4-9(5-7-10)11-3-1-2-8-13-11/h4-7,11H,1-3,8H2. The molecule has 1 aliphatic rings. The highest BCUT2D eigenvalue weighted by atomic mass is 35.5. The predicted molar refractivity (Wildman–Crippen MR) is 55.0 cm³/mol. The highest BCUT2D eigenvalue weighted by molar-refractivity contribution is 6.30. The van der Waals surface area contributed by atoms with Gasteiger partial charge in [-0.1, -0.05) is 30.2 Å². The Labute approximate surface area is 84.1 Å². The van der Waals surface area contributed by atoms with Crippen LogP contribution >= 0.6 is 11.6 Å².